The van der Waals surface area contributed by atoms with Crippen molar-refractivity contribution in [1.82, 2.24) is 4.90 Å². The molecule has 6 heteroatoms. The normalized spacial score (nSPS) is 13.7. The third-order valence-corrected chi connectivity index (χ3v) is 4.45. The van der Waals surface area contributed by atoms with E-state index in [2.05, 4.69) is 5.32 Å². The van der Waals surface area contributed by atoms with E-state index in [1.54, 1.807) is 35.2 Å². The molecule has 1 saturated carbocycles. The first-order valence-electron chi connectivity index (χ1n) is 7.33. The predicted octanol–water partition coefficient (Wildman–Crippen LogP) is 4.90. The Morgan fingerprint density at radius 2 is 1.83 bits per heavy atom. The minimum absolute atomic E-state index is 0.168. The number of nitrogens with one attached hydrogen (secondary N) is 1. The Morgan fingerprint density at radius 3 is 2.43 bits per heavy atom. The van der Waals surface area contributed by atoms with Gasteiger partial charge in [0.2, 0.25) is 0 Å². The first kappa shape index (κ1) is 16.0. The van der Waals surface area contributed by atoms with Crippen molar-refractivity contribution in [2.75, 3.05) is 5.32 Å². The average Bonchev–Trinajstić information content (AvgIpc) is 3.35. The molecule has 0 bridgehead atoms. The third-order valence-electron chi connectivity index (χ3n) is 3.71. The van der Waals surface area contributed by atoms with Gasteiger partial charge in [-0.15, -0.1) is 0 Å². The molecule has 0 radical (unpaired) electrons. The van der Waals surface area contributed by atoms with Gasteiger partial charge >= 0.3 is 6.03 Å². The van der Waals surface area contributed by atoms with E-state index in [1.165, 1.54) is 0 Å². The highest BCUT2D eigenvalue weighted by molar-refractivity contribution is 6.42. The Kier molecular flexibility index (Phi) is 4.64. The number of anilines is 1. The minimum atomic E-state index is -0.168. The fourth-order valence-electron chi connectivity index (χ4n) is 2.32. The molecule has 2 aromatic carbocycles. The summed E-state index contributed by atoms with van der Waals surface area (Å²) in [4.78, 5) is 14.4. The fourth-order valence-corrected chi connectivity index (χ4v) is 2.62. The van der Waals surface area contributed by atoms with Crippen molar-refractivity contribution in [3.8, 4) is 5.75 Å². The van der Waals surface area contributed by atoms with E-state index in [0.29, 0.717) is 22.3 Å². The zero-order valence-electron chi connectivity index (χ0n) is 12.3. The Labute approximate surface area is 144 Å². The van der Waals surface area contributed by atoms with Crippen LogP contribution in [0.1, 0.15) is 18.4 Å². The van der Waals surface area contributed by atoms with Gasteiger partial charge in [-0.2, -0.15) is 0 Å². The zero-order chi connectivity index (χ0) is 16.4. The lowest BCUT2D eigenvalue weighted by atomic mass is 10.2. The monoisotopic (exact) mass is 350 g/mol. The SMILES string of the molecule is O=C(Nc1ccc(Cl)c(Cl)c1)N(Cc1ccc(O)cc1)C1CC1. The highest BCUT2D eigenvalue weighted by Gasteiger charge is 2.32. The van der Waals surface area contributed by atoms with E-state index in [4.69, 9.17) is 23.2 Å². The molecule has 2 aromatic rings. The van der Waals surface area contributed by atoms with Crippen LogP contribution in [-0.4, -0.2) is 22.1 Å². The van der Waals surface area contributed by atoms with Crippen LogP contribution in [0.5, 0.6) is 5.75 Å². The predicted molar refractivity (Wildman–Crippen MR) is 92.2 cm³/mol. The fraction of sp³-hybridized carbons (Fsp3) is 0.235. The molecular formula is C17H16Cl2N2O2. The average molecular weight is 351 g/mol. The largest absolute Gasteiger partial charge is 0.508 e. The number of aromatic hydroxyl groups is 1. The van der Waals surface area contributed by atoms with Gasteiger partial charge in [-0.05, 0) is 48.7 Å². The smallest absolute Gasteiger partial charge is 0.322 e. The van der Waals surface area contributed by atoms with Gasteiger partial charge in [-0.25, -0.2) is 4.79 Å². The van der Waals surface area contributed by atoms with Crippen LogP contribution in [0.4, 0.5) is 10.5 Å². The maximum atomic E-state index is 12.6. The molecule has 1 fully saturated rings. The molecule has 0 unspecified atom stereocenters. The van der Waals surface area contributed by atoms with E-state index < -0.39 is 0 Å². The second-order valence-electron chi connectivity index (χ2n) is 5.58. The summed E-state index contributed by atoms with van der Waals surface area (Å²) in [5.41, 5.74) is 1.58. The number of phenols is 1. The summed E-state index contributed by atoms with van der Waals surface area (Å²) in [5, 5.41) is 13.1. The summed E-state index contributed by atoms with van der Waals surface area (Å²) in [6.07, 6.45) is 2.01. The lowest BCUT2D eigenvalue weighted by molar-refractivity contribution is 0.206. The number of hydrogen-bond acceptors (Lipinski definition) is 2. The lowest BCUT2D eigenvalue weighted by Crippen LogP contribution is -2.36. The maximum absolute atomic E-state index is 12.6. The molecule has 1 aliphatic rings. The second kappa shape index (κ2) is 6.69. The van der Waals surface area contributed by atoms with Gasteiger partial charge in [0.1, 0.15) is 5.75 Å². The molecule has 2 N–H and O–H groups in total. The first-order valence-corrected chi connectivity index (χ1v) is 8.09. The summed E-state index contributed by atoms with van der Waals surface area (Å²) >= 11 is 11.9. The van der Waals surface area contributed by atoms with Gasteiger partial charge in [0.15, 0.2) is 0 Å². The zero-order valence-corrected chi connectivity index (χ0v) is 13.8. The molecule has 0 spiro atoms. The molecule has 4 nitrogen and oxygen atoms in total. The number of nitrogens with zero attached hydrogens (tertiary/aromatic N) is 1. The third kappa shape index (κ3) is 4.09. The van der Waals surface area contributed by atoms with Crippen LogP contribution in [0, 0.1) is 0 Å². The van der Waals surface area contributed by atoms with Crippen LogP contribution < -0.4 is 5.32 Å². The number of rotatable bonds is 4. The van der Waals surface area contributed by atoms with Crippen molar-refractivity contribution in [1.29, 1.82) is 0 Å². The van der Waals surface area contributed by atoms with Crippen molar-refractivity contribution in [3.63, 3.8) is 0 Å². The van der Waals surface area contributed by atoms with Gasteiger partial charge in [-0.1, -0.05) is 35.3 Å². The molecular weight excluding hydrogens is 335 g/mol. The van der Waals surface area contributed by atoms with Gasteiger partial charge in [0.05, 0.1) is 10.0 Å². The topological polar surface area (TPSA) is 52.6 Å². The molecule has 2 amide bonds. The van der Waals surface area contributed by atoms with Crippen LogP contribution in [0.25, 0.3) is 0 Å². The van der Waals surface area contributed by atoms with Crippen LogP contribution in [0.15, 0.2) is 42.5 Å². The van der Waals surface area contributed by atoms with E-state index in [1.807, 2.05) is 12.1 Å². The van der Waals surface area contributed by atoms with Crippen LogP contribution in [-0.2, 0) is 6.54 Å². The summed E-state index contributed by atoms with van der Waals surface area (Å²) in [6, 6.07) is 12.0. The number of carbonyl (C=O) groups excluding carboxylic acids is 1. The van der Waals surface area contributed by atoms with Crippen molar-refractivity contribution in [2.24, 2.45) is 0 Å². The molecule has 0 aromatic heterocycles. The molecule has 0 saturated heterocycles. The maximum Gasteiger partial charge on any atom is 0.322 e. The number of phenolic OH excluding ortho intramolecular Hbond substituents is 1. The molecule has 3 rings (SSSR count). The van der Waals surface area contributed by atoms with Gasteiger partial charge in [0, 0.05) is 18.3 Å². The molecule has 0 atom stereocenters. The van der Waals surface area contributed by atoms with Crippen molar-refractivity contribution in [3.05, 3.63) is 58.1 Å². The van der Waals surface area contributed by atoms with Gasteiger partial charge < -0.3 is 15.3 Å². The molecule has 120 valence electrons. The summed E-state index contributed by atoms with van der Waals surface area (Å²) in [5.74, 6) is 0.215. The van der Waals surface area contributed by atoms with Gasteiger partial charge in [-0.3, -0.25) is 0 Å². The highest BCUT2D eigenvalue weighted by atomic mass is 35.5. The molecule has 23 heavy (non-hydrogen) atoms. The van der Waals surface area contributed by atoms with Gasteiger partial charge in [0.25, 0.3) is 0 Å². The number of hydrogen-bond donors (Lipinski definition) is 2. The van der Waals surface area contributed by atoms with Crippen molar-refractivity contribution >= 4 is 34.9 Å². The number of benzene rings is 2. The van der Waals surface area contributed by atoms with Crippen molar-refractivity contribution < 1.29 is 9.90 Å². The molecule has 0 aliphatic heterocycles. The van der Waals surface area contributed by atoms with E-state index in [9.17, 15) is 9.90 Å². The molecule has 0 heterocycles. The molecule has 1 aliphatic carbocycles. The summed E-state index contributed by atoms with van der Waals surface area (Å²) < 4.78 is 0. The summed E-state index contributed by atoms with van der Waals surface area (Å²) in [6.45, 7) is 0.498. The van der Waals surface area contributed by atoms with Crippen LogP contribution >= 0.6 is 23.2 Å². The highest BCUT2D eigenvalue weighted by Crippen LogP contribution is 2.30. The Bertz CT molecular complexity index is 715. The number of carbonyl (C=O) groups is 1. The minimum Gasteiger partial charge on any atom is -0.508 e. The first-order chi connectivity index (χ1) is 11.0. The Hall–Kier alpha value is -1.91. The van der Waals surface area contributed by atoms with Crippen LogP contribution in [0.2, 0.25) is 10.0 Å². The number of urea groups is 1. The standard InChI is InChI=1S/C17H16Cl2N2O2/c18-15-8-3-12(9-16(15)19)20-17(23)21(13-4-5-13)10-11-1-6-14(22)7-2-11/h1-3,6-9,13,22H,4-5,10H2,(H,20,23). The van der Waals surface area contributed by atoms with E-state index >= 15 is 0 Å². The number of halogens is 2. The second-order valence-corrected chi connectivity index (χ2v) is 6.40. The Morgan fingerprint density at radius 1 is 1.13 bits per heavy atom. The quantitative estimate of drug-likeness (QED) is 0.824. The van der Waals surface area contributed by atoms with Crippen molar-refractivity contribution in [2.45, 2.75) is 25.4 Å². The van der Waals surface area contributed by atoms with E-state index in [0.717, 1.165) is 18.4 Å². The number of amides is 2. The van der Waals surface area contributed by atoms with E-state index in [-0.39, 0.29) is 17.8 Å². The van der Waals surface area contributed by atoms with Crippen LogP contribution in [0.3, 0.4) is 0 Å². The summed E-state index contributed by atoms with van der Waals surface area (Å²) in [7, 11) is 0. The Balaban J connectivity index is 1.71. The lowest BCUT2D eigenvalue weighted by Gasteiger charge is -2.23.